The summed E-state index contributed by atoms with van der Waals surface area (Å²) in [4.78, 5) is 0. The lowest BCUT2D eigenvalue weighted by atomic mass is 9.56. The van der Waals surface area contributed by atoms with E-state index in [4.69, 9.17) is 0 Å². The Hall–Kier alpha value is -0.890. The molecule has 3 unspecified atom stereocenters. The Morgan fingerprint density at radius 2 is 2.05 bits per heavy atom. The van der Waals surface area contributed by atoms with Crippen molar-refractivity contribution in [3.63, 3.8) is 0 Å². The summed E-state index contributed by atoms with van der Waals surface area (Å²) >= 11 is 0. The average Bonchev–Trinajstić information content (AvgIpc) is 2.44. The van der Waals surface area contributed by atoms with Crippen LogP contribution in [0.5, 0.6) is 0 Å². The SMILES string of the molecule is CC1CCCCC12CCNCC2c1ccccc1F. The quantitative estimate of drug-likeness (QED) is 0.802. The van der Waals surface area contributed by atoms with Gasteiger partial charge in [0.2, 0.25) is 0 Å². The van der Waals surface area contributed by atoms with Gasteiger partial charge in [-0.2, -0.15) is 0 Å². The molecule has 1 aromatic rings. The molecule has 2 heteroatoms. The van der Waals surface area contributed by atoms with E-state index in [1.54, 1.807) is 12.1 Å². The van der Waals surface area contributed by atoms with Crippen LogP contribution in [-0.4, -0.2) is 13.1 Å². The van der Waals surface area contributed by atoms with Crippen LogP contribution in [0.15, 0.2) is 24.3 Å². The normalized spacial score (nSPS) is 35.5. The van der Waals surface area contributed by atoms with Gasteiger partial charge in [-0.15, -0.1) is 0 Å². The molecule has 0 radical (unpaired) electrons. The molecule has 1 aromatic carbocycles. The molecule has 1 saturated heterocycles. The van der Waals surface area contributed by atoms with Crippen molar-refractivity contribution in [3.8, 4) is 0 Å². The predicted octanol–water partition coefficient (Wildman–Crippen LogP) is 4.10. The van der Waals surface area contributed by atoms with Crippen molar-refractivity contribution >= 4 is 0 Å². The van der Waals surface area contributed by atoms with Crippen molar-refractivity contribution < 1.29 is 4.39 Å². The molecule has 1 aliphatic heterocycles. The zero-order valence-electron chi connectivity index (χ0n) is 11.8. The summed E-state index contributed by atoms with van der Waals surface area (Å²) in [6.07, 6.45) is 6.45. The Balaban J connectivity index is 1.99. The van der Waals surface area contributed by atoms with Gasteiger partial charge in [0.05, 0.1) is 0 Å². The zero-order chi connectivity index (χ0) is 13.3. The van der Waals surface area contributed by atoms with Gasteiger partial charge in [0.1, 0.15) is 5.82 Å². The lowest BCUT2D eigenvalue weighted by Crippen LogP contribution is -2.48. The van der Waals surface area contributed by atoms with E-state index in [-0.39, 0.29) is 5.82 Å². The first-order valence-corrected chi connectivity index (χ1v) is 7.69. The minimum absolute atomic E-state index is 0.0200. The molecule has 1 heterocycles. The van der Waals surface area contributed by atoms with E-state index in [1.807, 2.05) is 12.1 Å². The molecule has 19 heavy (non-hydrogen) atoms. The second kappa shape index (κ2) is 5.24. The van der Waals surface area contributed by atoms with E-state index in [9.17, 15) is 4.39 Å². The van der Waals surface area contributed by atoms with E-state index in [0.717, 1.165) is 18.7 Å². The monoisotopic (exact) mass is 261 g/mol. The first kappa shape index (κ1) is 13.1. The zero-order valence-corrected chi connectivity index (χ0v) is 11.8. The topological polar surface area (TPSA) is 12.0 Å². The third-order valence-corrected chi connectivity index (χ3v) is 5.60. The number of nitrogens with one attached hydrogen (secondary N) is 1. The van der Waals surface area contributed by atoms with Crippen LogP contribution in [-0.2, 0) is 0 Å². The second-order valence-electron chi connectivity index (χ2n) is 6.41. The highest BCUT2D eigenvalue weighted by Gasteiger charge is 2.46. The van der Waals surface area contributed by atoms with Crippen molar-refractivity contribution in [3.05, 3.63) is 35.6 Å². The highest BCUT2D eigenvalue weighted by Crippen LogP contribution is 2.54. The van der Waals surface area contributed by atoms with Crippen molar-refractivity contribution in [2.45, 2.75) is 44.9 Å². The van der Waals surface area contributed by atoms with E-state index in [1.165, 1.54) is 32.1 Å². The molecule has 1 aliphatic carbocycles. The minimum Gasteiger partial charge on any atom is -0.316 e. The van der Waals surface area contributed by atoms with E-state index >= 15 is 0 Å². The van der Waals surface area contributed by atoms with Crippen LogP contribution < -0.4 is 5.32 Å². The molecule has 0 bridgehead atoms. The Morgan fingerprint density at radius 1 is 1.21 bits per heavy atom. The molecular weight excluding hydrogens is 237 g/mol. The van der Waals surface area contributed by atoms with Gasteiger partial charge in [-0.1, -0.05) is 44.4 Å². The van der Waals surface area contributed by atoms with E-state index in [0.29, 0.717) is 17.3 Å². The first-order chi connectivity index (χ1) is 9.24. The maximum absolute atomic E-state index is 14.2. The smallest absolute Gasteiger partial charge is 0.126 e. The summed E-state index contributed by atoms with van der Waals surface area (Å²) in [5.74, 6) is 1.04. The van der Waals surface area contributed by atoms with Crippen LogP contribution >= 0.6 is 0 Å². The van der Waals surface area contributed by atoms with Gasteiger partial charge in [0, 0.05) is 12.5 Å². The van der Waals surface area contributed by atoms with Gasteiger partial charge in [-0.25, -0.2) is 4.39 Å². The van der Waals surface area contributed by atoms with Gasteiger partial charge in [0.25, 0.3) is 0 Å². The highest BCUT2D eigenvalue weighted by atomic mass is 19.1. The Kier molecular flexibility index (Phi) is 3.62. The summed E-state index contributed by atoms with van der Waals surface area (Å²) in [7, 11) is 0. The van der Waals surface area contributed by atoms with Crippen LogP contribution in [0.3, 0.4) is 0 Å². The molecule has 3 rings (SSSR count). The first-order valence-electron chi connectivity index (χ1n) is 7.69. The van der Waals surface area contributed by atoms with E-state index in [2.05, 4.69) is 12.2 Å². The van der Waals surface area contributed by atoms with Crippen LogP contribution in [0.2, 0.25) is 0 Å². The molecule has 2 fully saturated rings. The third kappa shape index (κ3) is 2.20. The number of halogens is 1. The predicted molar refractivity (Wildman–Crippen MR) is 76.7 cm³/mol. The second-order valence-corrected chi connectivity index (χ2v) is 6.41. The van der Waals surface area contributed by atoms with Gasteiger partial charge in [0.15, 0.2) is 0 Å². The molecule has 1 spiro atoms. The summed E-state index contributed by atoms with van der Waals surface area (Å²) in [5, 5.41) is 3.49. The summed E-state index contributed by atoms with van der Waals surface area (Å²) in [6, 6.07) is 7.39. The van der Waals surface area contributed by atoms with Crippen molar-refractivity contribution in [2.75, 3.05) is 13.1 Å². The maximum atomic E-state index is 14.2. The van der Waals surface area contributed by atoms with Gasteiger partial charge in [-0.3, -0.25) is 0 Å². The molecule has 0 amide bonds. The lowest BCUT2D eigenvalue weighted by Gasteiger charge is -2.51. The van der Waals surface area contributed by atoms with E-state index < -0.39 is 0 Å². The van der Waals surface area contributed by atoms with Gasteiger partial charge in [-0.05, 0) is 42.3 Å². The van der Waals surface area contributed by atoms with Crippen LogP contribution in [0.25, 0.3) is 0 Å². The lowest BCUT2D eigenvalue weighted by molar-refractivity contribution is 0.0406. The van der Waals surface area contributed by atoms with Crippen molar-refractivity contribution in [2.24, 2.45) is 11.3 Å². The fourth-order valence-electron chi connectivity index (χ4n) is 4.45. The molecule has 1 nitrogen and oxygen atoms in total. The maximum Gasteiger partial charge on any atom is 0.126 e. The Morgan fingerprint density at radius 3 is 2.84 bits per heavy atom. The molecule has 1 N–H and O–H groups in total. The largest absolute Gasteiger partial charge is 0.316 e. The number of benzene rings is 1. The van der Waals surface area contributed by atoms with Crippen LogP contribution in [0.4, 0.5) is 4.39 Å². The molecular formula is C17H24FN. The number of hydrogen-bond donors (Lipinski definition) is 1. The molecule has 104 valence electrons. The van der Waals surface area contributed by atoms with Crippen molar-refractivity contribution in [1.82, 2.24) is 5.32 Å². The third-order valence-electron chi connectivity index (χ3n) is 5.60. The number of rotatable bonds is 1. The molecule has 3 atom stereocenters. The van der Waals surface area contributed by atoms with Crippen LogP contribution in [0.1, 0.15) is 50.5 Å². The van der Waals surface area contributed by atoms with Crippen LogP contribution in [0, 0.1) is 17.2 Å². The molecule has 0 aromatic heterocycles. The average molecular weight is 261 g/mol. The Labute approximate surface area is 115 Å². The van der Waals surface area contributed by atoms with Gasteiger partial charge >= 0.3 is 0 Å². The van der Waals surface area contributed by atoms with Crippen molar-refractivity contribution in [1.29, 1.82) is 0 Å². The standard InChI is InChI=1S/C17H24FN/c1-13-6-4-5-9-17(13)10-11-19-12-15(17)14-7-2-3-8-16(14)18/h2-3,7-8,13,15,19H,4-6,9-12H2,1H3. The fourth-order valence-corrected chi connectivity index (χ4v) is 4.45. The van der Waals surface area contributed by atoms with Gasteiger partial charge < -0.3 is 5.32 Å². The molecule has 1 saturated carbocycles. The summed E-state index contributed by atoms with van der Waals surface area (Å²) < 4.78 is 14.2. The number of hydrogen-bond acceptors (Lipinski definition) is 1. The molecule has 2 aliphatic rings. The Bertz CT molecular complexity index is 439. The fraction of sp³-hybridized carbons (Fsp3) is 0.647. The minimum atomic E-state index is -0.0200. The highest BCUT2D eigenvalue weighted by molar-refractivity contribution is 5.26. The number of piperidine rings is 1. The summed E-state index contributed by atoms with van der Waals surface area (Å²) in [5.41, 5.74) is 1.26. The summed E-state index contributed by atoms with van der Waals surface area (Å²) in [6.45, 7) is 4.42.